The highest BCUT2D eigenvalue weighted by Gasteiger charge is 2.07. The van der Waals surface area contributed by atoms with Crippen molar-refractivity contribution in [2.45, 2.75) is 19.3 Å². The van der Waals surface area contributed by atoms with Crippen LogP contribution in [0.2, 0.25) is 0 Å². The van der Waals surface area contributed by atoms with E-state index >= 15 is 0 Å². The Morgan fingerprint density at radius 3 is 2.58 bits per heavy atom. The van der Waals surface area contributed by atoms with Gasteiger partial charge in [0, 0.05) is 6.54 Å². The maximum Gasteiger partial charge on any atom is 0.244 e. The molecule has 0 N–H and O–H groups in total. The molecule has 0 bridgehead atoms. The Balaban J connectivity index is 2.17. The molecule has 68 valence electrons. The average molecular weight is 188 g/mol. The van der Waals surface area contributed by atoms with Crippen LogP contribution in [0.1, 0.15) is 19.3 Å². The molecule has 1 rings (SSSR count). The minimum absolute atomic E-state index is 0.382. The number of hydrogen-bond acceptors (Lipinski definition) is 2. The Labute approximate surface area is 78.2 Å². The molecule has 0 saturated carbocycles. The molecule has 1 saturated heterocycles. The van der Waals surface area contributed by atoms with Gasteiger partial charge in [0.2, 0.25) is 5.24 Å². The molecule has 0 spiro atoms. The molecule has 0 amide bonds. The summed E-state index contributed by atoms with van der Waals surface area (Å²) in [4.78, 5) is 12.7. The second kappa shape index (κ2) is 5.33. The van der Waals surface area contributed by atoms with Crippen molar-refractivity contribution in [3.8, 4) is 0 Å². The van der Waals surface area contributed by atoms with E-state index < -0.39 is 0 Å². The highest BCUT2D eigenvalue weighted by Crippen LogP contribution is 2.07. The maximum atomic E-state index is 10.3. The topological polar surface area (TPSA) is 20.3 Å². The zero-order valence-corrected chi connectivity index (χ0v) is 7.89. The third kappa shape index (κ3) is 3.88. The maximum absolute atomic E-state index is 10.3. The van der Waals surface area contributed by atoms with E-state index in [0.29, 0.717) is 0 Å². The molecule has 12 heavy (non-hydrogen) atoms. The molecule has 0 unspecified atom stereocenters. The monoisotopic (exact) mass is 187 g/mol. The lowest BCUT2D eigenvalue weighted by molar-refractivity contribution is -0.107. The van der Waals surface area contributed by atoms with Gasteiger partial charge in [0.15, 0.2) is 0 Å². The van der Waals surface area contributed by atoms with Crippen LogP contribution in [-0.4, -0.2) is 29.8 Å². The lowest BCUT2D eigenvalue weighted by Gasteiger charge is -2.24. The first kappa shape index (κ1) is 9.75. The second-order valence-electron chi connectivity index (χ2n) is 3.07. The molecule has 3 heteroatoms. The lowest BCUT2D eigenvalue weighted by atomic mass is 10.1. The van der Waals surface area contributed by atoms with E-state index in [2.05, 4.69) is 4.90 Å². The van der Waals surface area contributed by atoms with Crippen molar-refractivity contribution in [1.82, 2.24) is 4.90 Å². The van der Waals surface area contributed by atoms with Gasteiger partial charge in [0.1, 0.15) is 0 Å². The first-order valence-electron chi connectivity index (χ1n) is 4.37. The van der Waals surface area contributed by atoms with Crippen molar-refractivity contribution >= 4 is 16.8 Å². The number of rotatable bonds is 3. The Morgan fingerprint density at radius 1 is 1.33 bits per heavy atom. The third-order valence-corrected chi connectivity index (χ3v) is 2.19. The largest absolute Gasteiger partial charge is 0.300 e. The van der Waals surface area contributed by atoms with Crippen LogP contribution in [0.15, 0.2) is 12.2 Å². The second-order valence-corrected chi connectivity index (χ2v) is 3.44. The zero-order valence-electron chi connectivity index (χ0n) is 7.13. The average Bonchev–Trinajstić information content (AvgIpc) is 2.05. The molecule has 2 nitrogen and oxygen atoms in total. The van der Waals surface area contributed by atoms with E-state index in [1.807, 2.05) is 6.08 Å². The Bertz CT molecular complexity index is 173. The van der Waals surface area contributed by atoms with Crippen molar-refractivity contribution < 1.29 is 4.79 Å². The van der Waals surface area contributed by atoms with Crippen LogP contribution in [0, 0.1) is 0 Å². The highest BCUT2D eigenvalue weighted by molar-refractivity contribution is 6.66. The van der Waals surface area contributed by atoms with E-state index in [-0.39, 0.29) is 5.24 Å². The van der Waals surface area contributed by atoms with Gasteiger partial charge in [-0.05, 0) is 43.6 Å². The molecule has 0 aromatic carbocycles. The molecule has 1 aliphatic heterocycles. The number of hydrogen-bond donors (Lipinski definition) is 0. The summed E-state index contributed by atoms with van der Waals surface area (Å²) < 4.78 is 0. The molecule has 0 aromatic rings. The molecule has 1 heterocycles. The number of piperidine rings is 1. The predicted molar refractivity (Wildman–Crippen MR) is 50.3 cm³/mol. The molecule has 0 atom stereocenters. The first-order valence-corrected chi connectivity index (χ1v) is 4.75. The van der Waals surface area contributed by atoms with Crippen molar-refractivity contribution in [2.75, 3.05) is 19.6 Å². The number of halogens is 1. The summed E-state index contributed by atoms with van der Waals surface area (Å²) in [6.07, 6.45) is 7.16. The van der Waals surface area contributed by atoms with Gasteiger partial charge in [0.25, 0.3) is 0 Å². The molecule has 0 aromatic heterocycles. The van der Waals surface area contributed by atoms with Crippen molar-refractivity contribution in [3.05, 3.63) is 12.2 Å². The summed E-state index contributed by atoms with van der Waals surface area (Å²) in [5.74, 6) is 0. The van der Waals surface area contributed by atoms with Crippen LogP contribution >= 0.6 is 11.6 Å². The van der Waals surface area contributed by atoms with Crippen LogP contribution in [0.25, 0.3) is 0 Å². The van der Waals surface area contributed by atoms with Crippen molar-refractivity contribution in [2.24, 2.45) is 0 Å². The van der Waals surface area contributed by atoms with Gasteiger partial charge in [-0.15, -0.1) is 0 Å². The van der Waals surface area contributed by atoms with Gasteiger partial charge in [-0.25, -0.2) is 0 Å². The van der Waals surface area contributed by atoms with E-state index in [0.717, 1.165) is 19.6 Å². The van der Waals surface area contributed by atoms with Crippen LogP contribution in [0.4, 0.5) is 0 Å². The summed E-state index contributed by atoms with van der Waals surface area (Å²) in [5, 5.41) is -0.382. The summed E-state index contributed by atoms with van der Waals surface area (Å²) in [6, 6.07) is 0. The minimum atomic E-state index is -0.382. The van der Waals surface area contributed by atoms with Crippen molar-refractivity contribution in [3.63, 3.8) is 0 Å². The van der Waals surface area contributed by atoms with E-state index in [9.17, 15) is 4.79 Å². The van der Waals surface area contributed by atoms with E-state index in [1.54, 1.807) is 0 Å². The zero-order chi connectivity index (χ0) is 8.81. The van der Waals surface area contributed by atoms with Gasteiger partial charge in [0.05, 0.1) is 0 Å². The van der Waals surface area contributed by atoms with Gasteiger partial charge in [-0.2, -0.15) is 0 Å². The standard InChI is InChI=1S/C9H14ClNO/c10-9(12)5-4-8-11-6-2-1-3-7-11/h4-5H,1-3,6-8H2/b5-4+. The molecular weight excluding hydrogens is 174 g/mol. The van der Waals surface area contributed by atoms with Gasteiger partial charge < -0.3 is 0 Å². The molecule has 0 aliphatic carbocycles. The van der Waals surface area contributed by atoms with E-state index in [4.69, 9.17) is 11.6 Å². The normalized spacial score (nSPS) is 20.1. The van der Waals surface area contributed by atoms with E-state index in [1.165, 1.54) is 25.3 Å². The SMILES string of the molecule is O=C(Cl)/C=C/CN1CCCCC1. The van der Waals surface area contributed by atoms with Gasteiger partial charge >= 0.3 is 0 Å². The number of likely N-dealkylation sites (tertiary alicyclic amines) is 1. The fraction of sp³-hybridized carbons (Fsp3) is 0.667. The predicted octanol–water partition coefficient (Wildman–Crippen LogP) is 1.79. The van der Waals surface area contributed by atoms with Crippen LogP contribution in [-0.2, 0) is 4.79 Å². The fourth-order valence-electron chi connectivity index (χ4n) is 1.44. The summed E-state index contributed by atoms with van der Waals surface area (Å²) in [5.41, 5.74) is 0. The summed E-state index contributed by atoms with van der Waals surface area (Å²) >= 11 is 5.15. The van der Waals surface area contributed by atoms with Gasteiger partial charge in [-0.1, -0.05) is 12.5 Å². The number of carbonyl (C=O) groups excluding carboxylic acids is 1. The van der Waals surface area contributed by atoms with Gasteiger partial charge in [-0.3, -0.25) is 9.69 Å². The lowest BCUT2D eigenvalue weighted by Crippen LogP contribution is -2.29. The fourth-order valence-corrected chi connectivity index (χ4v) is 1.53. The minimum Gasteiger partial charge on any atom is -0.300 e. The third-order valence-electron chi connectivity index (χ3n) is 2.06. The van der Waals surface area contributed by atoms with Crippen LogP contribution < -0.4 is 0 Å². The number of allylic oxidation sites excluding steroid dienone is 1. The molecular formula is C9H14ClNO. The first-order chi connectivity index (χ1) is 5.79. The molecule has 1 aliphatic rings. The molecule has 1 fully saturated rings. The smallest absolute Gasteiger partial charge is 0.244 e. The number of nitrogens with zero attached hydrogens (tertiary/aromatic N) is 1. The number of carbonyl (C=O) groups is 1. The summed E-state index contributed by atoms with van der Waals surface area (Å²) in [7, 11) is 0. The summed E-state index contributed by atoms with van der Waals surface area (Å²) in [6.45, 7) is 3.17. The Kier molecular flexibility index (Phi) is 4.33. The van der Waals surface area contributed by atoms with Crippen LogP contribution in [0.5, 0.6) is 0 Å². The highest BCUT2D eigenvalue weighted by atomic mass is 35.5. The molecule has 0 radical (unpaired) electrons. The van der Waals surface area contributed by atoms with Crippen LogP contribution in [0.3, 0.4) is 0 Å². The quantitative estimate of drug-likeness (QED) is 0.496. The Morgan fingerprint density at radius 2 is 2.00 bits per heavy atom. The Hall–Kier alpha value is -0.340. The van der Waals surface area contributed by atoms with Crippen molar-refractivity contribution in [1.29, 1.82) is 0 Å².